The van der Waals surface area contributed by atoms with Gasteiger partial charge in [0.15, 0.2) is 0 Å². The van der Waals surface area contributed by atoms with E-state index in [0.717, 1.165) is 68.0 Å². The Labute approximate surface area is 287 Å². The van der Waals surface area contributed by atoms with E-state index in [-0.39, 0.29) is 24.8 Å². The maximum absolute atomic E-state index is 9.79. The normalized spacial score (nSPS) is 24.5. The third kappa shape index (κ3) is 6.45. The maximum atomic E-state index is 9.79. The zero-order chi connectivity index (χ0) is 30.4. The molecule has 248 valence electrons. The summed E-state index contributed by atoms with van der Waals surface area (Å²) in [5, 5.41) is 17.7. The van der Waals surface area contributed by atoms with E-state index in [4.69, 9.17) is 19.2 Å². The van der Waals surface area contributed by atoms with Crippen LogP contribution in [0.25, 0.3) is 16.6 Å². The number of nitrogens with one attached hydrogen (secondary N) is 1. The monoisotopic (exact) mass is 678 g/mol. The van der Waals surface area contributed by atoms with Crippen LogP contribution >= 0.6 is 24.8 Å². The van der Waals surface area contributed by atoms with Crippen molar-refractivity contribution in [1.82, 2.24) is 29.8 Å². The molecule has 2 atom stereocenters. The number of hydrogen-bond donors (Lipinski definition) is 1. The zero-order valence-corrected chi connectivity index (χ0v) is 28.0. The average Bonchev–Trinajstić information content (AvgIpc) is 3.73. The van der Waals surface area contributed by atoms with E-state index in [1.165, 1.54) is 18.4 Å². The molecule has 0 radical (unpaired) electrons. The summed E-state index contributed by atoms with van der Waals surface area (Å²) in [6.45, 7) is 6.05. The number of anilines is 1. The Balaban J connectivity index is 0.00000193. The number of halogens is 2. The summed E-state index contributed by atoms with van der Waals surface area (Å²) in [6.07, 6.45) is 12.3. The first kappa shape index (κ1) is 33.2. The van der Waals surface area contributed by atoms with E-state index in [1.54, 1.807) is 17.8 Å². The van der Waals surface area contributed by atoms with Crippen molar-refractivity contribution in [2.24, 2.45) is 5.41 Å². The summed E-state index contributed by atoms with van der Waals surface area (Å²) in [6, 6.07) is 13.5. The molecule has 1 aliphatic carbocycles. The molecule has 5 fully saturated rings. The number of methoxy groups -OCH3 is 1. The van der Waals surface area contributed by atoms with Gasteiger partial charge in [0.2, 0.25) is 5.88 Å². The van der Waals surface area contributed by atoms with Gasteiger partial charge in [0.05, 0.1) is 43.3 Å². The van der Waals surface area contributed by atoms with Crippen molar-refractivity contribution < 1.29 is 14.2 Å². The Kier molecular flexibility index (Phi) is 9.78. The minimum absolute atomic E-state index is 0. The largest absolute Gasteiger partial charge is 0.490 e. The molecular formula is C34H40Cl2N8O3. The highest BCUT2D eigenvalue weighted by atomic mass is 35.5. The molecule has 9 rings (SSSR count). The van der Waals surface area contributed by atoms with Crippen molar-refractivity contribution in [2.45, 2.75) is 50.4 Å². The van der Waals surface area contributed by atoms with Crippen molar-refractivity contribution in [2.75, 3.05) is 51.4 Å². The number of pyridine rings is 3. The first-order valence-corrected chi connectivity index (χ1v) is 15.9. The average molecular weight is 680 g/mol. The third-order valence-corrected chi connectivity index (χ3v) is 10.2. The van der Waals surface area contributed by atoms with E-state index in [2.05, 4.69) is 49.5 Å². The number of nitrogens with zero attached hydrogens (tertiary/aromatic N) is 7. The van der Waals surface area contributed by atoms with Crippen LogP contribution in [0.1, 0.15) is 36.8 Å². The molecule has 1 spiro atoms. The maximum Gasteiger partial charge on any atom is 0.212 e. The lowest BCUT2D eigenvalue weighted by Crippen LogP contribution is -2.68. The second-order valence-electron chi connectivity index (χ2n) is 13.0. The predicted molar refractivity (Wildman–Crippen MR) is 183 cm³/mol. The summed E-state index contributed by atoms with van der Waals surface area (Å²) in [5.74, 6) is 2.30. The second-order valence-corrected chi connectivity index (χ2v) is 13.0. The van der Waals surface area contributed by atoms with Crippen LogP contribution in [0.3, 0.4) is 0 Å². The standard InChI is InChI=1S/C34H38N8O3.2ClH/c1-43-32-5-2-23(15-38-32)18-41-26-10-27(41)20-40(19-26)31-4-3-24(16-37-31)30-11-28(21-42-33(30)25(14-35)17-39-42)44-8-9-45-29-12-34(13-29)6-7-36-22-34;;/h2-5,11,15-17,21,26-27,29,36H,6-10,12-13,18-20,22H2,1H3;2*1H. The second kappa shape index (κ2) is 13.8. The molecule has 1 N–H and O–H groups in total. The molecule has 8 heterocycles. The molecule has 11 nitrogen and oxygen atoms in total. The highest BCUT2D eigenvalue weighted by Crippen LogP contribution is 2.47. The molecule has 47 heavy (non-hydrogen) atoms. The van der Waals surface area contributed by atoms with Gasteiger partial charge in [0.1, 0.15) is 24.2 Å². The van der Waals surface area contributed by atoms with Crippen molar-refractivity contribution in [1.29, 1.82) is 5.26 Å². The molecule has 2 unspecified atom stereocenters. The fourth-order valence-corrected chi connectivity index (χ4v) is 7.72. The molecule has 1 saturated carbocycles. The van der Waals surface area contributed by atoms with Gasteiger partial charge < -0.3 is 24.4 Å². The van der Waals surface area contributed by atoms with Crippen molar-refractivity contribution in [3.8, 4) is 28.8 Å². The van der Waals surface area contributed by atoms with Gasteiger partial charge in [0.25, 0.3) is 0 Å². The molecule has 4 aromatic rings. The zero-order valence-electron chi connectivity index (χ0n) is 26.4. The van der Waals surface area contributed by atoms with Crippen LogP contribution in [0.2, 0.25) is 0 Å². The summed E-state index contributed by atoms with van der Waals surface area (Å²) in [4.78, 5) is 14.2. The number of aromatic nitrogens is 4. The summed E-state index contributed by atoms with van der Waals surface area (Å²) >= 11 is 0. The number of rotatable bonds is 10. The number of ether oxygens (including phenoxy) is 3. The van der Waals surface area contributed by atoms with Gasteiger partial charge in [-0.25, -0.2) is 14.5 Å². The van der Waals surface area contributed by atoms with Gasteiger partial charge in [-0.15, -0.1) is 24.8 Å². The van der Waals surface area contributed by atoms with Crippen LogP contribution in [0, 0.1) is 16.7 Å². The van der Waals surface area contributed by atoms with Crippen LogP contribution in [0.5, 0.6) is 11.6 Å². The van der Waals surface area contributed by atoms with Gasteiger partial charge in [-0.1, -0.05) is 6.07 Å². The van der Waals surface area contributed by atoms with Crippen LogP contribution < -0.4 is 19.7 Å². The number of piperazine rings is 1. The van der Waals surface area contributed by atoms with Gasteiger partial charge in [-0.3, -0.25) is 4.90 Å². The van der Waals surface area contributed by atoms with E-state index >= 15 is 0 Å². The van der Waals surface area contributed by atoms with E-state index in [0.29, 0.717) is 54.0 Å². The smallest absolute Gasteiger partial charge is 0.212 e. The molecule has 5 aliphatic rings. The van der Waals surface area contributed by atoms with E-state index in [9.17, 15) is 5.26 Å². The fourth-order valence-electron chi connectivity index (χ4n) is 7.72. The van der Waals surface area contributed by atoms with Crippen molar-refractivity contribution >= 4 is 36.1 Å². The number of piperidine rings is 1. The van der Waals surface area contributed by atoms with Gasteiger partial charge in [-0.05, 0) is 61.4 Å². The fraction of sp³-hybridized carbons (Fsp3) is 0.471. The molecule has 0 aromatic carbocycles. The summed E-state index contributed by atoms with van der Waals surface area (Å²) in [5.41, 5.74) is 4.74. The molecular weight excluding hydrogens is 639 g/mol. The first-order valence-electron chi connectivity index (χ1n) is 15.9. The lowest BCUT2D eigenvalue weighted by atomic mass is 9.66. The molecule has 2 bridgehead atoms. The Bertz CT molecular complexity index is 1700. The van der Waals surface area contributed by atoms with Gasteiger partial charge >= 0.3 is 0 Å². The van der Waals surface area contributed by atoms with Gasteiger partial charge in [-0.2, -0.15) is 10.4 Å². The minimum atomic E-state index is 0. The van der Waals surface area contributed by atoms with Gasteiger partial charge in [0, 0.05) is 67.8 Å². The molecule has 4 aromatic heterocycles. The van der Waals surface area contributed by atoms with E-state index in [1.807, 2.05) is 30.7 Å². The molecule has 0 amide bonds. The van der Waals surface area contributed by atoms with Crippen LogP contribution in [-0.4, -0.2) is 89.2 Å². The van der Waals surface area contributed by atoms with E-state index < -0.39 is 0 Å². The predicted octanol–water partition coefficient (Wildman–Crippen LogP) is 4.52. The Morgan fingerprint density at radius 2 is 1.89 bits per heavy atom. The minimum Gasteiger partial charge on any atom is -0.490 e. The van der Waals surface area contributed by atoms with Crippen LogP contribution in [0.15, 0.2) is 55.1 Å². The SMILES string of the molecule is COc1ccc(CN2C3CC2CN(c2ccc(-c4cc(OCCOC5CC6(CCNC6)C5)cn5ncc(C#N)c45)cn2)C3)cn1.Cl.Cl. The Morgan fingerprint density at radius 3 is 2.57 bits per heavy atom. The molecule has 13 heteroatoms. The third-order valence-electron chi connectivity index (χ3n) is 10.2. The lowest BCUT2D eigenvalue weighted by Gasteiger charge is -2.56. The summed E-state index contributed by atoms with van der Waals surface area (Å²) in [7, 11) is 1.64. The highest BCUT2D eigenvalue weighted by Gasteiger charge is 2.46. The molecule has 4 aliphatic heterocycles. The number of hydrogen-bond acceptors (Lipinski definition) is 10. The van der Waals surface area contributed by atoms with Crippen molar-refractivity contribution in [3.05, 3.63) is 66.2 Å². The topological polar surface area (TPSA) is 113 Å². The van der Waals surface area contributed by atoms with Crippen molar-refractivity contribution in [3.63, 3.8) is 0 Å². The molecule has 4 saturated heterocycles. The van der Waals surface area contributed by atoms with Crippen LogP contribution in [-0.2, 0) is 11.3 Å². The summed E-state index contributed by atoms with van der Waals surface area (Å²) < 4.78 is 19.2. The Morgan fingerprint density at radius 1 is 1.04 bits per heavy atom. The Hall–Kier alpha value is -3.66. The number of nitriles is 1. The number of fused-ring (bicyclic) bond motifs is 3. The quantitative estimate of drug-likeness (QED) is 0.240. The first-order chi connectivity index (χ1) is 22.1. The lowest BCUT2D eigenvalue weighted by molar-refractivity contribution is -0.0782. The van der Waals surface area contributed by atoms with Crippen LogP contribution in [0.4, 0.5) is 5.82 Å². The highest BCUT2D eigenvalue weighted by molar-refractivity contribution is 5.86.